The standard InChI is InChI=1S/C16H17ClFNO/c1-10-7-8-12(17)14(15(10)18)16(19)13(20)9-11-5-3-2-4-6-11/h2-8,13,16,20H,9,19H2,1H3/t13-,16-/m1/s1. The van der Waals surface area contributed by atoms with Crippen LogP contribution in [0.1, 0.15) is 22.7 Å². The molecule has 0 aliphatic rings. The molecule has 0 aliphatic carbocycles. The molecule has 0 aromatic heterocycles. The zero-order chi connectivity index (χ0) is 14.7. The van der Waals surface area contributed by atoms with Crippen LogP contribution in [0.5, 0.6) is 0 Å². The summed E-state index contributed by atoms with van der Waals surface area (Å²) in [5, 5.41) is 10.5. The van der Waals surface area contributed by atoms with Gasteiger partial charge in [-0.25, -0.2) is 4.39 Å². The van der Waals surface area contributed by atoms with Gasteiger partial charge in [-0.1, -0.05) is 48.0 Å². The molecule has 0 unspecified atom stereocenters. The number of nitrogens with two attached hydrogens (primary N) is 1. The Morgan fingerprint density at radius 3 is 2.50 bits per heavy atom. The van der Waals surface area contributed by atoms with Crippen molar-refractivity contribution in [2.75, 3.05) is 0 Å². The molecule has 0 spiro atoms. The molecule has 20 heavy (non-hydrogen) atoms. The normalized spacial score (nSPS) is 14.1. The van der Waals surface area contributed by atoms with Gasteiger partial charge in [0.15, 0.2) is 0 Å². The van der Waals surface area contributed by atoms with Crippen LogP contribution in [0.3, 0.4) is 0 Å². The van der Waals surface area contributed by atoms with Crippen molar-refractivity contribution in [1.29, 1.82) is 0 Å². The number of aliphatic hydroxyl groups excluding tert-OH is 1. The van der Waals surface area contributed by atoms with Crippen molar-refractivity contribution in [3.05, 3.63) is 70.0 Å². The highest BCUT2D eigenvalue weighted by Gasteiger charge is 2.24. The Morgan fingerprint density at radius 1 is 1.20 bits per heavy atom. The molecule has 0 bridgehead atoms. The number of rotatable bonds is 4. The Kier molecular flexibility index (Phi) is 4.76. The van der Waals surface area contributed by atoms with Gasteiger partial charge in [0.25, 0.3) is 0 Å². The van der Waals surface area contributed by atoms with Gasteiger partial charge in [0.05, 0.1) is 12.1 Å². The number of halogens is 2. The Balaban J connectivity index is 2.23. The van der Waals surface area contributed by atoms with Crippen LogP contribution in [0, 0.1) is 12.7 Å². The van der Waals surface area contributed by atoms with Gasteiger partial charge in [0.1, 0.15) is 5.82 Å². The van der Waals surface area contributed by atoms with Gasteiger partial charge < -0.3 is 10.8 Å². The summed E-state index contributed by atoms with van der Waals surface area (Å²) in [6.07, 6.45) is -0.544. The minimum Gasteiger partial charge on any atom is -0.391 e. The first-order chi connectivity index (χ1) is 9.50. The molecular weight excluding hydrogens is 277 g/mol. The zero-order valence-electron chi connectivity index (χ0n) is 11.2. The molecule has 0 radical (unpaired) electrons. The maximum absolute atomic E-state index is 14.1. The van der Waals surface area contributed by atoms with Crippen molar-refractivity contribution in [2.45, 2.75) is 25.5 Å². The first kappa shape index (κ1) is 15.0. The summed E-state index contributed by atoms with van der Waals surface area (Å²) < 4.78 is 14.1. The molecular formula is C16H17ClFNO. The summed E-state index contributed by atoms with van der Waals surface area (Å²) in [5.41, 5.74) is 7.57. The van der Waals surface area contributed by atoms with E-state index in [1.54, 1.807) is 19.1 Å². The summed E-state index contributed by atoms with van der Waals surface area (Å²) in [4.78, 5) is 0. The number of hydrogen-bond acceptors (Lipinski definition) is 2. The van der Waals surface area contributed by atoms with Crippen molar-refractivity contribution in [3.8, 4) is 0 Å². The van der Waals surface area contributed by atoms with Gasteiger partial charge >= 0.3 is 0 Å². The molecule has 0 aliphatic heterocycles. The van der Waals surface area contributed by atoms with E-state index in [9.17, 15) is 9.50 Å². The second-order valence-corrected chi connectivity index (χ2v) is 5.28. The van der Waals surface area contributed by atoms with Gasteiger partial charge in [0, 0.05) is 17.0 Å². The maximum atomic E-state index is 14.1. The smallest absolute Gasteiger partial charge is 0.132 e. The van der Waals surface area contributed by atoms with E-state index in [-0.39, 0.29) is 10.6 Å². The average molecular weight is 294 g/mol. The van der Waals surface area contributed by atoms with E-state index in [1.165, 1.54) is 0 Å². The fourth-order valence-electron chi connectivity index (χ4n) is 2.16. The molecule has 2 aromatic carbocycles. The van der Waals surface area contributed by atoms with E-state index in [0.717, 1.165) is 5.56 Å². The Bertz CT molecular complexity index is 589. The van der Waals surface area contributed by atoms with Crippen molar-refractivity contribution >= 4 is 11.6 Å². The van der Waals surface area contributed by atoms with Crippen LogP contribution < -0.4 is 5.73 Å². The molecule has 0 heterocycles. The summed E-state index contributed by atoms with van der Waals surface area (Å²) in [6.45, 7) is 1.64. The number of benzene rings is 2. The van der Waals surface area contributed by atoms with E-state index in [1.807, 2.05) is 30.3 Å². The Hall–Kier alpha value is -1.42. The van der Waals surface area contributed by atoms with E-state index < -0.39 is 18.0 Å². The predicted octanol–water partition coefficient (Wildman–Crippen LogP) is 3.39. The van der Waals surface area contributed by atoms with Crippen molar-refractivity contribution in [3.63, 3.8) is 0 Å². The summed E-state index contributed by atoms with van der Waals surface area (Å²) >= 11 is 6.01. The zero-order valence-corrected chi connectivity index (χ0v) is 11.9. The average Bonchev–Trinajstić information content (AvgIpc) is 2.44. The van der Waals surface area contributed by atoms with Crippen LogP contribution in [0.4, 0.5) is 4.39 Å². The van der Waals surface area contributed by atoms with Gasteiger partial charge in [-0.3, -0.25) is 0 Å². The lowest BCUT2D eigenvalue weighted by molar-refractivity contribution is 0.143. The third-order valence-corrected chi connectivity index (χ3v) is 3.68. The minimum absolute atomic E-state index is 0.176. The summed E-state index contributed by atoms with van der Waals surface area (Å²) in [7, 11) is 0. The number of aliphatic hydroxyl groups is 1. The fourth-order valence-corrected chi connectivity index (χ4v) is 2.43. The van der Waals surface area contributed by atoms with E-state index in [4.69, 9.17) is 17.3 Å². The minimum atomic E-state index is -0.897. The second kappa shape index (κ2) is 6.35. The highest BCUT2D eigenvalue weighted by molar-refractivity contribution is 6.31. The lowest BCUT2D eigenvalue weighted by Gasteiger charge is -2.21. The van der Waals surface area contributed by atoms with E-state index in [2.05, 4.69) is 0 Å². The van der Waals surface area contributed by atoms with Gasteiger partial charge in [-0.05, 0) is 24.1 Å². The van der Waals surface area contributed by atoms with Gasteiger partial charge in [-0.2, -0.15) is 0 Å². The molecule has 106 valence electrons. The lowest BCUT2D eigenvalue weighted by Crippen LogP contribution is -2.29. The molecule has 2 aromatic rings. The lowest BCUT2D eigenvalue weighted by atomic mass is 9.95. The third kappa shape index (κ3) is 3.18. The number of aryl methyl sites for hydroxylation is 1. The maximum Gasteiger partial charge on any atom is 0.132 e. The largest absolute Gasteiger partial charge is 0.391 e. The van der Waals surface area contributed by atoms with E-state index in [0.29, 0.717) is 12.0 Å². The SMILES string of the molecule is Cc1ccc(Cl)c([C@H](N)[C@H](O)Cc2ccccc2)c1F. The molecule has 0 saturated heterocycles. The van der Waals surface area contributed by atoms with Crippen molar-refractivity contribution in [2.24, 2.45) is 5.73 Å². The summed E-state index contributed by atoms with van der Waals surface area (Å²) in [5.74, 6) is -0.447. The Morgan fingerprint density at radius 2 is 1.85 bits per heavy atom. The van der Waals surface area contributed by atoms with Gasteiger partial charge in [0.2, 0.25) is 0 Å². The first-order valence-electron chi connectivity index (χ1n) is 6.42. The Labute approximate surface area is 123 Å². The molecule has 3 N–H and O–H groups in total. The van der Waals surface area contributed by atoms with E-state index >= 15 is 0 Å². The van der Waals surface area contributed by atoms with Crippen LogP contribution in [0.15, 0.2) is 42.5 Å². The molecule has 0 fully saturated rings. The van der Waals surface area contributed by atoms with Crippen LogP contribution in [0.25, 0.3) is 0 Å². The first-order valence-corrected chi connectivity index (χ1v) is 6.80. The quantitative estimate of drug-likeness (QED) is 0.907. The van der Waals surface area contributed by atoms with Crippen LogP contribution in [-0.2, 0) is 6.42 Å². The molecule has 2 nitrogen and oxygen atoms in total. The highest BCUT2D eigenvalue weighted by Crippen LogP contribution is 2.29. The summed E-state index contributed by atoms with van der Waals surface area (Å²) in [6, 6.07) is 11.8. The van der Waals surface area contributed by atoms with Crippen LogP contribution in [-0.4, -0.2) is 11.2 Å². The molecule has 2 atom stereocenters. The molecule has 0 saturated carbocycles. The fraction of sp³-hybridized carbons (Fsp3) is 0.250. The van der Waals surface area contributed by atoms with Crippen LogP contribution >= 0.6 is 11.6 Å². The number of hydrogen-bond donors (Lipinski definition) is 2. The predicted molar refractivity (Wildman–Crippen MR) is 79.2 cm³/mol. The van der Waals surface area contributed by atoms with Crippen LogP contribution in [0.2, 0.25) is 5.02 Å². The third-order valence-electron chi connectivity index (χ3n) is 3.36. The van der Waals surface area contributed by atoms with Crippen molar-refractivity contribution in [1.82, 2.24) is 0 Å². The topological polar surface area (TPSA) is 46.2 Å². The molecule has 0 amide bonds. The second-order valence-electron chi connectivity index (χ2n) is 4.87. The van der Waals surface area contributed by atoms with Gasteiger partial charge in [-0.15, -0.1) is 0 Å². The van der Waals surface area contributed by atoms with Crippen molar-refractivity contribution < 1.29 is 9.50 Å². The molecule has 4 heteroatoms. The molecule has 2 rings (SSSR count). The highest BCUT2D eigenvalue weighted by atomic mass is 35.5. The monoisotopic (exact) mass is 293 g/mol.